The minimum atomic E-state index is -1.05. The van der Waals surface area contributed by atoms with Gasteiger partial charge in [-0.15, -0.1) is 0 Å². The second-order valence-corrected chi connectivity index (χ2v) is 7.61. The highest BCUT2D eigenvalue weighted by molar-refractivity contribution is 6.04. The van der Waals surface area contributed by atoms with Crippen molar-refractivity contribution < 1.29 is 19.4 Å². The minimum Gasteiger partial charge on any atom is -0.481 e. The standard InChI is InChI=1S/C25H23N5O4/c26-13-19(24(31)32)11-12-30-14-20(18-9-5-2-6-10-18)21-22(27-16-28-23(21)30)29-25(33)34-15-17-7-3-1-4-8-17/h1-10,13-14,16,19,26H,11-12,15H2,(H,31,32)(H,27,28,29,33)/t19-/m1/s1. The molecule has 0 radical (unpaired) electrons. The number of ether oxygens (including phenoxy) is 1. The normalized spacial score (nSPS) is 11.6. The van der Waals surface area contributed by atoms with Gasteiger partial charge in [-0.3, -0.25) is 10.1 Å². The number of anilines is 1. The fourth-order valence-corrected chi connectivity index (χ4v) is 3.64. The molecule has 0 saturated carbocycles. The molecule has 1 amide bonds. The van der Waals surface area contributed by atoms with Crippen LogP contribution in [0, 0.1) is 11.3 Å². The van der Waals surface area contributed by atoms with E-state index in [4.69, 9.17) is 10.1 Å². The Kier molecular flexibility index (Phi) is 6.92. The summed E-state index contributed by atoms with van der Waals surface area (Å²) in [4.78, 5) is 32.5. The van der Waals surface area contributed by atoms with Crippen LogP contribution in [0.1, 0.15) is 12.0 Å². The first-order chi connectivity index (χ1) is 16.6. The third-order valence-corrected chi connectivity index (χ3v) is 5.37. The number of nitrogens with one attached hydrogen (secondary N) is 2. The topological polar surface area (TPSA) is 130 Å². The van der Waals surface area contributed by atoms with Crippen molar-refractivity contribution in [3.8, 4) is 11.1 Å². The van der Waals surface area contributed by atoms with Crippen molar-refractivity contribution in [1.82, 2.24) is 14.5 Å². The first-order valence-corrected chi connectivity index (χ1v) is 10.7. The molecule has 0 aliphatic rings. The molecule has 2 aromatic heterocycles. The van der Waals surface area contributed by atoms with Gasteiger partial charge in [-0.2, -0.15) is 0 Å². The monoisotopic (exact) mass is 457 g/mol. The Morgan fingerprint density at radius 1 is 1.09 bits per heavy atom. The van der Waals surface area contributed by atoms with E-state index < -0.39 is 18.0 Å². The summed E-state index contributed by atoms with van der Waals surface area (Å²) in [5.74, 6) is -1.65. The molecular weight excluding hydrogens is 434 g/mol. The first kappa shape index (κ1) is 22.7. The van der Waals surface area contributed by atoms with E-state index in [1.807, 2.05) is 71.4 Å². The molecular formula is C25H23N5O4. The number of carboxylic acids is 1. The number of aromatic nitrogens is 3. The van der Waals surface area contributed by atoms with Crippen LogP contribution in [0.4, 0.5) is 10.6 Å². The van der Waals surface area contributed by atoms with Gasteiger partial charge in [-0.1, -0.05) is 60.7 Å². The highest BCUT2D eigenvalue weighted by Crippen LogP contribution is 2.34. The van der Waals surface area contributed by atoms with Gasteiger partial charge >= 0.3 is 12.1 Å². The van der Waals surface area contributed by atoms with E-state index >= 15 is 0 Å². The quantitative estimate of drug-likeness (QED) is 0.315. The van der Waals surface area contributed by atoms with Gasteiger partial charge in [0.25, 0.3) is 0 Å². The number of carboxylic acid groups (broad SMARTS) is 1. The van der Waals surface area contributed by atoms with Crippen molar-refractivity contribution in [1.29, 1.82) is 5.41 Å². The number of hydrogen-bond donors (Lipinski definition) is 3. The molecule has 4 rings (SSSR count). The zero-order valence-electron chi connectivity index (χ0n) is 18.2. The Hall–Kier alpha value is -4.53. The lowest BCUT2D eigenvalue weighted by molar-refractivity contribution is -0.139. The minimum absolute atomic E-state index is 0.119. The van der Waals surface area contributed by atoms with Crippen LogP contribution in [-0.4, -0.2) is 37.9 Å². The van der Waals surface area contributed by atoms with Crippen molar-refractivity contribution in [3.05, 3.63) is 78.8 Å². The van der Waals surface area contributed by atoms with Crippen LogP contribution in [0.2, 0.25) is 0 Å². The van der Waals surface area contributed by atoms with E-state index in [1.54, 1.807) is 0 Å². The summed E-state index contributed by atoms with van der Waals surface area (Å²) >= 11 is 0. The average Bonchev–Trinajstić information content (AvgIpc) is 3.24. The van der Waals surface area contributed by atoms with Gasteiger partial charge in [-0.05, 0) is 17.5 Å². The smallest absolute Gasteiger partial charge is 0.413 e. The molecule has 0 fully saturated rings. The Morgan fingerprint density at radius 3 is 2.47 bits per heavy atom. The number of aliphatic carboxylic acids is 1. The highest BCUT2D eigenvalue weighted by Gasteiger charge is 2.20. The molecule has 2 aromatic carbocycles. The van der Waals surface area contributed by atoms with Crippen molar-refractivity contribution in [3.63, 3.8) is 0 Å². The summed E-state index contributed by atoms with van der Waals surface area (Å²) in [6, 6.07) is 18.9. The third-order valence-electron chi connectivity index (χ3n) is 5.37. The van der Waals surface area contributed by atoms with Gasteiger partial charge in [0.2, 0.25) is 0 Å². The van der Waals surface area contributed by atoms with Gasteiger partial charge in [0, 0.05) is 24.5 Å². The summed E-state index contributed by atoms with van der Waals surface area (Å²) in [5.41, 5.74) is 3.09. The number of hydrogen-bond acceptors (Lipinski definition) is 6. The summed E-state index contributed by atoms with van der Waals surface area (Å²) in [6.07, 6.45) is 3.70. The van der Waals surface area contributed by atoms with Gasteiger partial charge < -0.3 is 19.8 Å². The van der Waals surface area contributed by atoms with Crippen LogP contribution in [0.15, 0.2) is 73.2 Å². The zero-order valence-corrected chi connectivity index (χ0v) is 18.2. The zero-order chi connectivity index (χ0) is 23.9. The summed E-state index contributed by atoms with van der Waals surface area (Å²) in [7, 11) is 0. The molecule has 2 heterocycles. The molecule has 1 atom stereocenters. The number of fused-ring (bicyclic) bond motifs is 1. The van der Waals surface area contributed by atoms with Crippen molar-refractivity contribution in [2.75, 3.05) is 5.32 Å². The Bertz CT molecular complexity index is 1310. The molecule has 3 N–H and O–H groups in total. The van der Waals surface area contributed by atoms with Crippen molar-refractivity contribution >= 4 is 35.1 Å². The third kappa shape index (κ3) is 5.09. The second-order valence-electron chi connectivity index (χ2n) is 7.61. The van der Waals surface area contributed by atoms with E-state index in [0.717, 1.165) is 22.9 Å². The van der Waals surface area contributed by atoms with Crippen LogP contribution in [-0.2, 0) is 22.7 Å². The number of carbonyl (C=O) groups excluding carboxylic acids is 1. The molecule has 0 aliphatic carbocycles. The van der Waals surface area contributed by atoms with Crippen LogP contribution in [0.5, 0.6) is 0 Å². The van der Waals surface area contributed by atoms with E-state index in [9.17, 15) is 14.7 Å². The van der Waals surface area contributed by atoms with E-state index in [2.05, 4.69) is 15.3 Å². The SMILES string of the molecule is N=C[C@@H](CCn1cc(-c2ccccc2)c2c(NC(=O)OCc3ccccc3)ncnc21)C(=O)O. The fourth-order valence-electron chi connectivity index (χ4n) is 3.64. The summed E-state index contributed by atoms with van der Waals surface area (Å²) in [6.45, 7) is 0.443. The second kappa shape index (κ2) is 10.4. The Labute approximate surface area is 195 Å². The van der Waals surface area contributed by atoms with Gasteiger partial charge in [-0.25, -0.2) is 14.8 Å². The molecule has 0 unspecified atom stereocenters. The number of aryl methyl sites for hydroxylation is 1. The average molecular weight is 457 g/mol. The molecule has 9 heteroatoms. The first-order valence-electron chi connectivity index (χ1n) is 10.7. The van der Waals surface area contributed by atoms with Gasteiger partial charge in [0.15, 0.2) is 0 Å². The van der Waals surface area contributed by atoms with E-state index in [-0.39, 0.29) is 13.0 Å². The number of nitrogens with zero attached hydrogens (tertiary/aromatic N) is 3. The molecule has 0 spiro atoms. The number of carbonyl (C=O) groups is 2. The molecule has 4 aromatic rings. The molecule has 0 bridgehead atoms. The number of benzene rings is 2. The maximum atomic E-state index is 12.5. The summed E-state index contributed by atoms with van der Waals surface area (Å²) < 4.78 is 7.16. The molecule has 34 heavy (non-hydrogen) atoms. The molecule has 0 saturated heterocycles. The highest BCUT2D eigenvalue weighted by atomic mass is 16.5. The largest absolute Gasteiger partial charge is 0.481 e. The Morgan fingerprint density at radius 2 is 1.79 bits per heavy atom. The van der Waals surface area contributed by atoms with Crippen molar-refractivity contribution in [2.45, 2.75) is 19.6 Å². The van der Waals surface area contributed by atoms with Crippen LogP contribution >= 0.6 is 0 Å². The maximum absolute atomic E-state index is 12.5. The molecule has 9 nitrogen and oxygen atoms in total. The number of amides is 1. The van der Waals surface area contributed by atoms with E-state index in [0.29, 0.717) is 23.4 Å². The lowest BCUT2D eigenvalue weighted by Crippen LogP contribution is -2.17. The van der Waals surface area contributed by atoms with Gasteiger partial charge in [0.05, 0.1) is 11.3 Å². The van der Waals surface area contributed by atoms with Crippen LogP contribution in [0.3, 0.4) is 0 Å². The predicted molar refractivity (Wildman–Crippen MR) is 128 cm³/mol. The fraction of sp³-hybridized carbons (Fsp3) is 0.160. The molecule has 172 valence electrons. The number of rotatable bonds is 9. The molecule has 0 aliphatic heterocycles. The summed E-state index contributed by atoms with van der Waals surface area (Å²) in [5, 5.41) is 20.0. The Balaban J connectivity index is 1.65. The lowest BCUT2D eigenvalue weighted by atomic mass is 10.1. The van der Waals surface area contributed by atoms with Crippen LogP contribution in [0.25, 0.3) is 22.2 Å². The van der Waals surface area contributed by atoms with Gasteiger partial charge in [0.1, 0.15) is 24.4 Å². The maximum Gasteiger partial charge on any atom is 0.413 e. The van der Waals surface area contributed by atoms with E-state index in [1.165, 1.54) is 6.33 Å². The lowest BCUT2D eigenvalue weighted by Gasteiger charge is -2.10. The predicted octanol–water partition coefficient (Wildman–Crippen LogP) is 4.59. The van der Waals surface area contributed by atoms with Crippen LogP contribution < -0.4 is 5.32 Å². The van der Waals surface area contributed by atoms with Crippen molar-refractivity contribution in [2.24, 2.45) is 5.92 Å².